The van der Waals surface area contributed by atoms with Crippen LogP contribution in [0.2, 0.25) is 0 Å². The van der Waals surface area contributed by atoms with Gasteiger partial charge in [0.2, 0.25) is 0 Å². The molecule has 0 aliphatic carbocycles. The van der Waals surface area contributed by atoms with Gasteiger partial charge >= 0.3 is 0 Å². The summed E-state index contributed by atoms with van der Waals surface area (Å²) in [5.41, 5.74) is 0. The highest BCUT2D eigenvalue weighted by Gasteiger charge is 2.23. The molecule has 1 heterocycles. The largest absolute Gasteiger partial charge is 0.377 e. The van der Waals surface area contributed by atoms with E-state index in [0.29, 0.717) is 12.1 Å². The van der Waals surface area contributed by atoms with Crippen LogP contribution in [0.25, 0.3) is 0 Å². The summed E-state index contributed by atoms with van der Waals surface area (Å²) < 4.78 is 5.73. The minimum absolute atomic E-state index is 0.473. The van der Waals surface area contributed by atoms with Gasteiger partial charge in [-0.1, -0.05) is 6.92 Å². The van der Waals surface area contributed by atoms with Crippen molar-refractivity contribution < 1.29 is 4.74 Å². The molecule has 2 unspecified atom stereocenters. The Hall–Kier alpha value is -0.120. The summed E-state index contributed by atoms with van der Waals surface area (Å²) in [6.45, 7) is 12.0. The molecule has 2 atom stereocenters. The number of nitrogens with one attached hydrogen (secondary N) is 1. The fraction of sp³-hybridized carbons (Fsp3) is 1.00. The van der Waals surface area contributed by atoms with Gasteiger partial charge < -0.3 is 10.1 Å². The van der Waals surface area contributed by atoms with Crippen LogP contribution in [0.1, 0.15) is 40.0 Å². The van der Waals surface area contributed by atoms with Crippen LogP contribution in [0.3, 0.4) is 0 Å². The second kappa shape index (κ2) is 8.04. The van der Waals surface area contributed by atoms with E-state index in [0.717, 1.165) is 26.2 Å². The third kappa shape index (κ3) is 4.81. The first-order chi connectivity index (χ1) is 7.77. The average molecular weight is 228 g/mol. The van der Waals surface area contributed by atoms with E-state index in [2.05, 4.69) is 31.0 Å². The first-order valence-electron chi connectivity index (χ1n) is 6.84. The molecule has 0 radical (unpaired) electrons. The molecule has 0 spiro atoms. The highest BCUT2D eigenvalue weighted by Crippen LogP contribution is 2.16. The van der Waals surface area contributed by atoms with Gasteiger partial charge in [0.05, 0.1) is 6.10 Å². The molecule has 3 heteroatoms. The number of likely N-dealkylation sites (tertiary alicyclic amines) is 1. The Morgan fingerprint density at radius 2 is 2.25 bits per heavy atom. The van der Waals surface area contributed by atoms with Crippen LogP contribution in [-0.4, -0.2) is 49.8 Å². The van der Waals surface area contributed by atoms with Crippen molar-refractivity contribution in [3.8, 4) is 0 Å². The maximum atomic E-state index is 5.73. The van der Waals surface area contributed by atoms with Gasteiger partial charge in [-0.2, -0.15) is 0 Å². The second-order valence-corrected chi connectivity index (χ2v) is 4.71. The minimum Gasteiger partial charge on any atom is -0.377 e. The van der Waals surface area contributed by atoms with E-state index in [4.69, 9.17) is 4.74 Å². The molecule has 1 N–H and O–H groups in total. The molecule has 1 rings (SSSR count). The summed E-state index contributed by atoms with van der Waals surface area (Å²) in [6, 6.07) is 0.683. The van der Waals surface area contributed by atoms with Crippen molar-refractivity contribution in [3.63, 3.8) is 0 Å². The van der Waals surface area contributed by atoms with Gasteiger partial charge in [-0.05, 0) is 52.7 Å². The summed E-state index contributed by atoms with van der Waals surface area (Å²) in [5, 5.41) is 3.40. The molecule has 1 aliphatic rings. The number of hydrogen-bond donors (Lipinski definition) is 1. The second-order valence-electron chi connectivity index (χ2n) is 4.71. The van der Waals surface area contributed by atoms with Crippen molar-refractivity contribution in [2.24, 2.45) is 0 Å². The van der Waals surface area contributed by atoms with Crippen LogP contribution >= 0.6 is 0 Å². The Morgan fingerprint density at radius 3 is 2.94 bits per heavy atom. The molecule has 1 aliphatic heterocycles. The van der Waals surface area contributed by atoms with Crippen molar-refractivity contribution in [3.05, 3.63) is 0 Å². The van der Waals surface area contributed by atoms with Gasteiger partial charge in [0.15, 0.2) is 0 Å². The summed E-state index contributed by atoms with van der Waals surface area (Å²) >= 11 is 0. The van der Waals surface area contributed by atoms with Crippen molar-refractivity contribution in [2.45, 2.75) is 52.2 Å². The van der Waals surface area contributed by atoms with Crippen LogP contribution in [0.4, 0.5) is 0 Å². The van der Waals surface area contributed by atoms with Gasteiger partial charge in [-0.25, -0.2) is 0 Å². The van der Waals surface area contributed by atoms with Crippen LogP contribution in [-0.2, 0) is 4.74 Å². The first kappa shape index (κ1) is 13.9. The normalized spacial score (nSPS) is 24.6. The van der Waals surface area contributed by atoms with E-state index < -0.39 is 0 Å². The standard InChI is InChI=1S/C13H28N2O/c1-4-14-9-8-12(3)15-10-6-7-13(11-15)16-5-2/h12-14H,4-11H2,1-3H3. The van der Waals surface area contributed by atoms with Gasteiger partial charge in [0.25, 0.3) is 0 Å². The fourth-order valence-electron chi connectivity index (χ4n) is 2.41. The lowest BCUT2D eigenvalue weighted by atomic mass is 10.0. The Balaban J connectivity index is 2.23. The Morgan fingerprint density at radius 1 is 1.44 bits per heavy atom. The molecule has 96 valence electrons. The van der Waals surface area contributed by atoms with Crippen LogP contribution in [0.15, 0.2) is 0 Å². The molecule has 3 nitrogen and oxygen atoms in total. The van der Waals surface area contributed by atoms with Crippen molar-refractivity contribution in [1.82, 2.24) is 10.2 Å². The topological polar surface area (TPSA) is 24.5 Å². The summed E-state index contributed by atoms with van der Waals surface area (Å²) in [6.07, 6.45) is 4.24. The zero-order chi connectivity index (χ0) is 11.8. The number of piperidine rings is 1. The van der Waals surface area contributed by atoms with Gasteiger partial charge in [0, 0.05) is 19.2 Å². The van der Waals surface area contributed by atoms with Crippen LogP contribution < -0.4 is 5.32 Å². The molecule has 1 saturated heterocycles. The molecule has 0 aromatic heterocycles. The highest BCUT2D eigenvalue weighted by atomic mass is 16.5. The Bertz CT molecular complexity index is 173. The van der Waals surface area contributed by atoms with E-state index in [1.807, 2.05) is 0 Å². The zero-order valence-corrected chi connectivity index (χ0v) is 11.2. The van der Waals surface area contributed by atoms with Gasteiger partial charge in [0.1, 0.15) is 0 Å². The van der Waals surface area contributed by atoms with Crippen molar-refractivity contribution >= 4 is 0 Å². The lowest BCUT2D eigenvalue weighted by Crippen LogP contribution is -2.45. The number of hydrogen-bond acceptors (Lipinski definition) is 3. The van der Waals surface area contributed by atoms with Crippen molar-refractivity contribution in [1.29, 1.82) is 0 Å². The SMILES string of the molecule is CCNCCC(C)N1CCCC(OCC)C1. The summed E-state index contributed by atoms with van der Waals surface area (Å²) in [5.74, 6) is 0. The Labute approximate surface area is 101 Å². The number of nitrogens with zero attached hydrogens (tertiary/aromatic N) is 1. The lowest BCUT2D eigenvalue weighted by Gasteiger charge is -2.36. The molecular weight excluding hydrogens is 200 g/mol. The predicted octanol–water partition coefficient (Wildman–Crippen LogP) is 1.88. The van der Waals surface area contributed by atoms with E-state index in [9.17, 15) is 0 Å². The lowest BCUT2D eigenvalue weighted by molar-refractivity contribution is -0.00592. The molecule has 1 fully saturated rings. The molecular formula is C13H28N2O. The van der Waals surface area contributed by atoms with E-state index in [1.54, 1.807) is 0 Å². The molecule has 0 aromatic carbocycles. The van der Waals surface area contributed by atoms with Crippen LogP contribution in [0.5, 0.6) is 0 Å². The van der Waals surface area contributed by atoms with E-state index in [-0.39, 0.29) is 0 Å². The monoisotopic (exact) mass is 228 g/mol. The summed E-state index contributed by atoms with van der Waals surface area (Å²) in [4.78, 5) is 2.58. The first-order valence-corrected chi connectivity index (χ1v) is 6.84. The third-order valence-electron chi connectivity index (χ3n) is 3.42. The third-order valence-corrected chi connectivity index (χ3v) is 3.42. The highest BCUT2D eigenvalue weighted by molar-refractivity contribution is 4.77. The molecule has 0 amide bonds. The molecule has 0 bridgehead atoms. The minimum atomic E-state index is 0.473. The van der Waals surface area contributed by atoms with Gasteiger partial charge in [-0.15, -0.1) is 0 Å². The number of ether oxygens (including phenoxy) is 1. The van der Waals surface area contributed by atoms with E-state index in [1.165, 1.54) is 25.8 Å². The maximum Gasteiger partial charge on any atom is 0.0702 e. The van der Waals surface area contributed by atoms with Crippen molar-refractivity contribution in [2.75, 3.05) is 32.8 Å². The number of rotatable bonds is 7. The molecule has 0 aromatic rings. The van der Waals surface area contributed by atoms with E-state index >= 15 is 0 Å². The smallest absolute Gasteiger partial charge is 0.0702 e. The average Bonchev–Trinajstić information content (AvgIpc) is 2.30. The zero-order valence-electron chi connectivity index (χ0n) is 11.2. The summed E-state index contributed by atoms with van der Waals surface area (Å²) in [7, 11) is 0. The Kier molecular flexibility index (Phi) is 7.01. The van der Waals surface area contributed by atoms with Gasteiger partial charge in [-0.3, -0.25) is 4.90 Å². The fourth-order valence-corrected chi connectivity index (χ4v) is 2.41. The molecule has 0 saturated carbocycles. The van der Waals surface area contributed by atoms with Crippen LogP contribution in [0, 0.1) is 0 Å². The maximum absolute atomic E-state index is 5.73. The molecule has 16 heavy (non-hydrogen) atoms. The quantitative estimate of drug-likeness (QED) is 0.673. The predicted molar refractivity (Wildman–Crippen MR) is 68.8 cm³/mol.